The van der Waals surface area contributed by atoms with Crippen molar-refractivity contribution in [2.75, 3.05) is 0 Å². The van der Waals surface area contributed by atoms with E-state index in [1.807, 2.05) is 0 Å². The number of nitrogens with zero attached hydrogens (tertiary/aromatic N) is 1. The first kappa shape index (κ1) is 18.9. The molecule has 1 aliphatic rings. The van der Waals surface area contributed by atoms with Crippen LogP contribution in [-0.2, 0) is 19.9 Å². The van der Waals surface area contributed by atoms with Crippen molar-refractivity contribution in [3.63, 3.8) is 0 Å². The van der Waals surface area contributed by atoms with Crippen molar-refractivity contribution in [2.45, 2.75) is 19.4 Å². The first-order valence-electron chi connectivity index (χ1n) is 8.04. The molecular formula is C19H13NO8. The number of fused-ring (bicyclic) bond motifs is 1. The lowest BCUT2D eigenvalue weighted by atomic mass is 9.87. The number of rotatable bonds is 4. The van der Waals surface area contributed by atoms with Gasteiger partial charge >= 0.3 is 11.9 Å². The Balaban J connectivity index is 2.35. The maximum Gasteiger partial charge on any atom is 0.308 e. The molecule has 0 aliphatic heterocycles. The maximum absolute atomic E-state index is 13.2. The fourth-order valence-electron chi connectivity index (χ4n) is 3.12. The van der Waals surface area contributed by atoms with Gasteiger partial charge in [-0.15, -0.1) is 0 Å². The monoisotopic (exact) mass is 383 g/mol. The first-order valence-corrected chi connectivity index (χ1v) is 8.04. The van der Waals surface area contributed by atoms with E-state index in [-0.39, 0.29) is 16.9 Å². The fourth-order valence-corrected chi connectivity index (χ4v) is 3.12. The van der Waals surface area contributed by atoms with E-state index >= 15 is 0 Å². The van der Waals surface area contributed by atoms with Crippen molar-refractivity contribution < 1.29 is 33.6 Å². The summed E-state index contributed by atoms with van der Waals surface area (Å²) in [5.41, 5.74) is -3.40. The molecule has 0 heterocycles. The van der Waals surface area contributed by atoms with Gasteiger partial charge in [-0.25, -0.2) is 0 Å². The molecule has 2 aromatic carbocycles. The van der Waals surface area contributed by atoms with Gasteiger partial charge in [0.25, 0.3) is 11.3 Å². The Hall–Kier alpha value is -3.88. The summed E-state index contributed by atoms with van der Waals surface area (Å²) in [5, 5.41) is 11.2. The number of carbonyl (C=O) groups is 4. The summed E-state index contributed by atoms with van der Waals surface area (Å²) < 4.78 is 10.2. The van der Waals surface area contributed by atoms with E-state index in [9.17, 15) is 29.3 Å². The minimum Gasteiger partial charge on any atom is -0.437 e. The Bertz CT molecular complexity index is 1020. The first-order chi connectivity index (χ1) is 13.2. The number of benzene rings is 2. The van der Waals surface area contributed by atoms with Gasteiger partial charge < -0.3 is 9.47 Å². The topological polar surface area (TPSA) is 130 Å². The molecule has 3 rings (SSSR count). The Morgan fingerprint density at radius 1 is 0.964 bits per heavy atom. The molecule has 1 aliphatic carbocycles. The van der Waals surface area contributed by atoms with Crippen LogP contribution >= 0.6 is 0 Å². The van der Waals surface area contributed by atoms with Crippen molar-refractivity contribution >= 4 is 29.2 Å². The van der Waals surface area contributed by atoms with E-state index in [0.29, 0.717) is 0 Å². The molecule has 0 saturated heterocycles. The van der Waals surface area contributed by atoms with E-state index in [1.54, 1.807) is 0 Å². The Labute approximate surface area is 158 Å². The molecule has 0 N–H and O–H groups in total. The second-order valence-corrected chi connectivity index (χ2v) is 6.01. The Morgan fingerprint density at radius 2 is 1.54 bits per heavy atom. The van der Waals surface area contributed by atoms with Gasteiger partial charge in [0.1, 0.15) is 5.75 Å². The highest BCUT2D eigenvalue weighted by Gasteiger charge is 2.59. The van der Waals surface area contributed by atoms with Crippen LogP contribution in [0.3, 0.4) is 0 Å². The number of non-ortho nitro benzene ring substituents is 1. The zero-order chi connectivity index (χ0) is 20.6. The molecule has 0 amide bonds. The van der Waals surface area contributed by atoms with Crippen LogP contribution in [0.25, 0.3) is 0 Å². The standard InChI is InChI=1S/C19H13NO8/c1-10(21)27-16-8-7-12(20(25)26)9-15(16)19(28-11(2)22)17(23)13-5-3-4-6-14(13)18(19)24/h3-9H,1-2H3. The average Bonchev–Trinajstić information content (AvgIpc) is 2.84. The third-order valence-corrected chi connectivity index (χ3v) is 4.16. The summed E-state index contributed by atoms with van der Waals surface area (Å²) >= 11 is 0. The second kappa shape index (κ2) is 6.69. The lowest BCUT2D eigenvalue weighted by molar-refractivity contribution is -0.385. The molecule has 0 atom stereocenters. The van der Waals surface area contributed by atoms with Crippen LogP contribution in [0.15, 0.2) is 42.5 Å². The maximum atomic E-state index is 13.2. The SMILES string of the molecule is CC(=O)Oc1ccc([N+](=O)[O-])cc1C1(OC(C)=O)C(=O)c2ccccc2C1=O. The van der Waals surface area contributed by atoms with E-state index < -0.39 is 45.3 Å². The molecule has 0 unspecified atom stereocenters. The molecule has 0 bridgehead atoms. The molecule has 2 aromatic rings. The van der Waals surface area contributed by atoms with Crippen molar-refractivity contribution in [1.82, 2.24) is 0 Å². The highest BCUT2D eigenvalue weighted by molar-refractivity contribution is 6.32. The second-order valence-electron chi connectivity index (χ2n) is 6.01. The molecule has 28 heavy (non-hydrogen) atoms. The highest BCUT2D eigenvalue weighted by atomic mass is 16.6. The smallest absolute Gasteiger partial charge is 0.308 e. The minimum absolute atomic E-state index is 0.00553. The van der Waals surface area contributed by atoms with Crippen LogP contribution < -0.4 is 4.74 Å². The number of carbonyl (C=O) groups excluding carboxylic acids is 4. The number of ether oxygens (including phenoxy) is 2. The summed E-state index contributed by atoms with van der Waals surface area (Å²) in [6.07, 6.45) is 0. The summed E-state index contributed by atoms with van der Waals surface area (Å²) in [6.45, 7) is 2.07. The summed E-state index contributed by atoms with van der Waals surface area (Å²) in [6, 6.07) is 8.81. The molecule has 0 saturated carbocycles. The van der Waals surface area contributed by atoms with Crippen LogP contribution in [0.4, 0.5) is 5.69 Å². The van der Waals surface area contributed by atoms with Crippen LogP contribution in [-0.4, -0.2) is 28.4 Å². The normalized spacial score (nSPS) is 14.4. The summed E-state index contributed by atoms with van der Waals surface area (Å²) in [7, 11) is 0. The van der Waals surface area contributed by atoms with Gasteiger partial charge in [0.2, 0.25) is 11.6 Å². The van der Waals surface area contributed by atoms with Gasteiger partial charge in [-0.2, -0.15) is 0 Å². The van der Waals surface area contributed by atoms with Gasteiger partial charge in [-0.05, 0) is 6.07 Å². The van der Waals surface area contributed by atoms with Crippen LogP contribution in [0.1, 0.15) is 40.1 Å². The van der Waals surface area contributed by atoms with E-state index in [4.69, 9.17) is 9.47 Å². The number of ketones is 2. The molecule has 0 aromatic heterocycles. The van der Waals surface area contributed by atoms with Gasteiger partial charge in [-0.1, -0.05) is 24.3 Å². The summed E-state index contributed by atoms with van der Waals surface area (Å²) in [5.74, 6) is -3.80. The van der Waals surface area contributed by atoms with E-state index in [1.165, 1.54) is 24.3 Å². The van der Waals surface area contributed by atoms with Gasteiger partial charge in [0.15, 0.2) is 0 Å². The van der Waals surface area contributed by atoms with E-state index in [0.717, 1.165) is 32.0 Å². The van der Waals surface area contributed by atoms with Gasteiger partial charge in [0, 0.05) is 37.1 Å². The Kier molecular flexibility index (Phi) is 4.52. The quantitative estimate of drug-likeness (QED) is 0.259. The molecule has 0 radical (unpaired) electrons. The molecule has 0 fully saturated rings. The number of esters is 2. The van der Waals surface area contributed by atoms with Crippen molar-refractivity contribution in [1.29, 1.82) is 0 Å². The van der Waals surface area contributed by atoms with Gasteiger partial charge in [-0.3, -0.25) is 29.3 Å². The van der Waals surface area contributed by atoms with E-state index in [2.05, 4.69) is 0 Å². The predicted octanol–water partition coefficient (Wildman–Crippen LogP) is 2.36. The fraction of sp³-hybridized carbons (Fsp3) is 0.158. The number of hydrogen-bond donors (Lipinski definition) is 0. The lowest BCUT2D eigenvalue weighted by Gasteiger charge is -2.27. The highest BCUT2D eigenvalue weighted by Crippen LogP contribution is 2.45. The van der Waals surface area contributed by atoms with Crippen molar-refractivity contribution in [3.05, 3.63) is 69.3 Å². The van der Waals surface area contributed by atoms with Gasteiger partial charge in [0.05, 0.1) is 10.5 Å². The number of nitro groups is 1. The molecule has 9 heteroatoms. The molecule has 9 nitrogen and oxygen atoms in total. The van der Waals surface area contributed by atoms with Crippen molar-refractivity contribution in [2.24, 2.45) is 0 Å². The zero-order valence-corrected chi connectivity index (χ0v) is 14.8. The van der Waals surface area contributed by atoms with Crippen molar-refractivity contribution in [3.8, 4) is 5.75 Å². The summed E-state index contributed by atoms with van der Waals surface area (Å²) in [4.78, 5) is 60.1. The largest absolute Gasteiger partial charge is 0.437 e. The molecule has 142 valence electrons. The number of nitro benzene ring substituents is 1. The third-order valence-electron chi connectivity index (χ3n) is 4.16. The zero-order valence-electron chi connectivity index (χ0n) is 14.8. The van der Waals surface area contributed by atoms with Crippen LogP contribution in [0.2, 0.25) is 0 Å². The number of hydrogen-bond acceptors (Lipinski definition) is 8. The average molecular weight is 383 g/mol. The Morgan fingerprint density at radius 3 is 2.00 bits per heavy atom. The minimum atomic E-state index is -2.52. The van der Waals surface area contributed by atoms with Crippen LogP contribution in [0.5, 0.6) is 5.75 Å². The number of Topliss-reactive ketones (excluding diaryl/α,β-unsaturated/α-hetero) is 2. The third kappa shape index (κ3) is 2.82. The molecule has 0 spiro atoms. The molecular weight excluding hydrogens is 370 g/mol. The predicted molar refractivity (Wildman–Crippen MR) is 93.0 cm³/mol. The van der Waals surface area contributed by atoms with Crippen LogP contribution in [0, 0.1) is 10.1 Å². The lowest BCUT2D eigenvalue weighted by Crippen LogP contribution is -2.43.